The molecule has 2 aromatic rings. The highest BCUT2D eigenvalue weighted by atomic mass is 127. The second-order valence-electron chi connectivity index (χ2n) is 10.2. The Morgan fingerprint density at radius 2 is 1.48 bits per heavy atom. The van der Waals surface area contributed by atoms with E-state index in [2.05, 4.69) is 67.8 Å². The molecule has 1 unspecified atom stereocenters. The lowest BCUT2D eigenvalue weighted by Crippen LogP contribution is -2.73. The van der Waals surface area contributed by atoms with Gasteiger partial charge >= 0.3 is 23.9 Å². The van der Waals surface area contributed by atoms with E-state index < -0.39 is 110 Å². The number of benzene rings is 2. The number of esters is 4. The van der Waals surface area contributed by atoms with E-state index in [-0.39, 0.29) is 0 Å². The summed E-state index contributed by atoms with van der Waals surface area (Å²) in [6.07, 6.45) is -4.37. The number of hydrogen-bond acceptors (Lipinski definition) is 13. The van der Waals surface area contributed by atoms with Crippen molar-refractivity contribution in [2.24, 2.45) is 5.73 Å². The van der Waals surface area contributed by atoms with Crippen molar-refractivity contribution in [1.82, 2.24) is 0 Å². The number of carbonyl (C=O) groups is 5. The van der Waals surface area contributed by atoms with E-state index in [1.165, 1.54) is 6.07 Å². The summed E-state index contributed by atoms with van der Waals surface area (Å²) in [7, 11) is 0. The highest BCUT2D eigenvalue weighted by Crippen LogP contribution is 2.42. The maximum Gasteiger partial charge on any atom is 0.305 e. The first kappa shape index (κ1) is 34.0. The van der Waals surface area contributed by atoms with Crippen LogP contribution in [0.4, 0.5) is 5.69 Å². The predicted octanol–water partition coefficient (Wildman–Crippen LogP) is 4.80. The van der Waals surface area contributed by atoms with Crippen LogP contribution in [0.15, 0.2) is 18.2 Å². The van der Waals surface area contributed by atoms with Gasteiger partial charge in [0.05, 0.1) is 4.92 Å². The highest BCUT2D eigenvalue weighted by molar-refractivity contribution is 14.1. The molecule has 1 fully saturated rings. The highest BCUT2D eigenvalue weighted by Gasteiger charge is 2.63. The van der Waals surface area contributed by atoms with E-state index in [1.807, 2.05) is 13.8 Å². The molecule has 1 aliphatic rings. The van der Waals surface area contributed by atoms with Gasteiger partial charge in [-0.3, -0.25) is 34.1 Å². The molecular weight excluding hydrogens is 973 g/mol. The lowest BCUT2D eigenvalue weighted by molar-refractivity contribution is -0.385. The maximum atomic E-state index is 14.7. The van der Waals surface area contributed by atoms with E-state index in [9.17, 15) is 34.1 Å². The number of hydrogen-bond donors (Lipinski definition) is 1. The second kappa shape index (κ2) is 16.5. The topological polar surface area (TPSA) is 201 Å². The van der Waals surface area contributed by atoms with Gasteiger partial charge in [0.25, 0.3) is 11.5 Å². The third-order valence-corrected chi connectivity index (χ3v) is 11.0. The van der Waals surface area contributed by atoms with Crippen LogP contribution in [0, 0.1) is 20.8 Å². The van der Waals surface area contributed by atoms with Crippen molar-refractivity contribution in [1.29, 1.82) is 0 Å². The molecule has 3 rings (SSSR count). The molecule has 0 aliphatic carbocycles. The molecule has 0 aromatic heterocycles. The summed E-state index contributed by atoms with van der Waals surface area (Å²) in [5.41, 5.74) is 8.14. The number of nitrogens with two attached hydrogens (primary N) is 1. The van der Waals surface area contributed by atoms with Gasteiger partial charge in [0, 0.05) is 55.4 Å². The van der Waals surface area contributed by atoms with Crippen LogP contribution in [-0.4, -0.2) is 71.3 Å². The van der Waals surface area contributed by atoms with Crippen molar-refractivity contribution in [2.75, 3.05) is 6.61 Å². The number of nitrogens with zero attached hydrogens (tertiary/aromatic N) is 1. The van der Waals surface area contributed by atoms with E-state index in [1.54, 1.807) is 0 Å². The number of ketones is 1. The molecule has 1 aliphatic heterocycles. The number of rotatable bonds is 11. The minimum absolute atomic E-state index is 0.383. The second-order valence-corrected chi connectivity index (χ2v) is 13.5. The van der Waals surface area contributed by atoms with Crippen molar-refractivity contribution in [2.45, 2.75) is 84.4 Å². The van der Waals surface area contributed by atoms with Crippen molar-refractivity contribution in [3.05, 3.63) is 55.7 Å². The molecule has 0 spiro atoms. The first-order valence-electron chi connectivity index (χ1n) is 16.8. The lowest BCUT2D eigenvalue weighted by atomic mass is 9.84. The van der Waals surface area contributed by atoms with Gasteiger partial charge in [-0.25, -0.2) is 0 Å². The first-order valence-corrected chi connectivity index (χ1v) is 17.2. The minimum Gasteiger partial charge on any atom is -0.463 e. The van der Waals surface area contributed by atoms with Crippen molar-refractivity contribution >= 4 is 103 Å². The SMILES string of the molecule is [2H]CC(=O)OC[C@H]1OC(OC(=O)C[2H])(C(=O)c2ccc(-c3c(I)c(CC)c(I)c(CC)c3I)cc2[N+](=O)[O-])[C@H](N)[C@@H](OC(=O)C[2H])[C@@H]1OC(=O)C[2H]. The minimum atomic E-state index is -3.14. The van der Waals surface area contributed by atoms with Gasteiger partial charge in [-0.05, 0) is 103 Å². The van der Waals surface area contributed by atoms with Crippen LogP contribution in [0.25, 0.3) is 11.1 Å². The molecule has 260 valence electrons. The maximum absolute atomic E-state index is 14.7. The molecule has 5 atom stereocenters. The van der Waals surface area contributed by atoms with Crippen molar-refractivity contribution < 1.29 is 58.1 Å². The van der Waals surface area contributed by atoms with Gasteiger partial charge in [0.15, 0.2) is 12.2 Å². The fraction of sp³-hybridized carbons (Fsp3) is 0.452. The summed E-state index contributed by atoms with van der Waals surface area (Å²) in [6.45, 7) is -0.904. The molecule has 14 nitrogen and oxygen atoms in total. The Bertz CT molecular complexity index is 1720. The van der Waals surface area contributed by atoms with Crippen LogP contribution in [0.3, 0.4) is 0 Å². The zero-order chi connectivity index (χ0) is 39.1. The Balaban J connectivity index is 2.35. The summed E-state index contributed by atoms with van der Waals surface area (Å²) in [6, 6.07) is 1.57. The molecule has 1 saturated heterocycles. The van der Waals surface area contributed by atoms with Crippen molar-refractivity contribution in [3.63, 3.8) is 0 Å². The molecule has 0 radical (unpaired) electrons. The van der Waals surface area contributed by atoms with Crippen molar-refractivity contribution in [3.8, 4) is 11.1 Å². The van der Waals surface area contributed by atoms with Crippen LogP contribution >= 0.6 is 67.8 Å². The number of carbonyl (C=O) groups excluding carboxylic acids is 5. The number of nitro groups is 1. The van der Waals surface area contributed by atoms with Gasteiger partial charge < -0.3 is 29.4 Å². The van der Waals surface area contributed by atoms with Crippen LogP contribution < -0.4 is 5.73 Å². The van der Waals surface area contributed by atoms with E-state index >= 15 is 0 Å². The Morgan fingerprint density at radius 3 is 2.00 bits per heavy atom. The summed E-state index contributed by atoms with van der Waals surface area (Å²) in [4.78, 5) is 76.0. The largest absolute Gasteiger partial charge is 0.463 e. The molecule has 48 heavy (non-hydrogen) atoms. The Kier molecular flexibility index (Phi) is 11.7. The quantitative estimate of drug-likeness (QED) is 0.0805. The average molecular weight is 1010 g/mol. The fourth-order valence-electron chi connectivity index (χ4n) is 5.27. The third-order valence-electron chi connectivity index (χ3n) is 7.27. The molecule has 17 heteroatoms. The van der Waals surface area contributed by atoms with Gasteiger partial charge in [-0.1, -0.05) is 19.9 Å². The Labute approximate surface area is 322 Å². The molecule has 0 bridgehead atoms. The van der Waals surface area contributed by atoms with E-state index in [0.29, 0.717) is 24.0 Å². The summed E-state index contributed by atoms with van der Waals surface area (Å²) in [5, 5.41) is 12.7. The number of Topliss-reactive ketones (excluding diaryl/α,β-unsaturated/α-hetero) is 1. The van der Waals surface area contributed by atoms with Gasteiger partial charge in [0.1, 0.15) is 24.3 Å². The number of halogens is 3. The molecular formula is C31H33I3N2O12. The summed E-state index contributed by atoms with van der Waals surface area (Å²) < 4.78 is 59.2. The first-order chi connectivity index (χ1) is 24.6. The zero-order valence-electron chi connectivity index (χ0n) is 29.5. The van der Waals surface area contributed by atoms with Crippen LogP contribution in [0.2, 0.25) is 0 Å². The van der Waals surface area contributed by atoms with E-state index in [0.717, 1.165) is 34.0 Å². The number of ether oxygens (including phenoxy) is 5. The smallest absolute Gasteiger partial charge is 0.305 e. The van der Waals surface area contributed by atoms with Crippen LogP contribution in [0.5, 0.6) is 0 Å². The molecule has 2 N–H and O–H groups in total. The Morgan fingerprint density at radius 1 is 0.917 bits per heavy atom. The normalized spacial score (nSPS) is 23.0. The molecule has 2 aromatic carbocycles. The molecule has 0 amide bonds. The van der Waals surface area contributed by atoms with Crippen LogP contribution in [0.1, 0.15) is 68.4 Å². The summed E-state index contributed by atoms with van der Waals surface area (Å²) in [5.74, 6) is -9.60. The fourth-order valence-corrected chi connectivity index (χ4v) is 10.6. The van der Waals surface area contributed by atoms with Gasteiger partial charge in [-0.2, -0.15) is 0 Å². The molecule has 0 saturated carbocycles. The zero-order valence-corrected chi connectivity index (χ0v) is 32.0. The van der Waals surface area contributed by atoms with Crippen LogP contribution in [-0.2, 0) is 55.7 Å². The molecule has 1 heterocycles. The Hall–Kier alpha value is -2.50. The third kappa shape index (κ3) is 8.27. The van der Waals surface area contributed by atoms with Gasteiger partial charge in [0.2, 0.25) is 5.78 Å². The monoisotopic (exact) mass is 1010 g/mol. The summed E-state index contributed by atoms with van der Waals surface area (Å²) >= 11 is 6.62. The predicted molar refractivity (Wildman–Crippen MR) is 195 cm³/mol. The van der Waals surface area contributed by atoms with E-state index in [4.69, 9.17) is 34.9 Å². The van der Waals surface area contributed by atoms with Gasteiger partial charge in [-0.15, -0.1) is 0 Å². The average Bonchev–Trinajstić information content (AvgIpc) is 3.12. The lowest BCUT2D eigenvalue weighted by Gasteiger charge is -2.48. The number of nitro benzene ring substituents is 1. The standard InChI is InChI=1S/C31H33I3N2O12/c1-7-18-24(32)19(8-2)26(34)23(25(18)33)17-9-10-20(21(11-17)36(42)43)30(41)31(47-16(6)40)29(35)28(46-15(5)39)27(45-14(4)38)22(48-31)12-44-13(3)37/h9-11,22,27-29H,7-8,12,35H2,1-6H3/t22-,27-,28+,29-,31?/m1/s1/i3D,4D,5D,6D.